The van der Waals surface area contributed by atoms with Crippen LogP contribution in [0.5, 0.6) is 0 Å². The fraction of sp³-hybridized carbons (Fsp3) is 0.551. The summed E-state index contributed by atoms with van der Waals surface area (Å²) in [6, 6.07) is 0. The van der Waals surface area contributed by atoms with Gasteiger partial charge in [-0.05, 0) is 25.7 Å². The van der Waals surface area contributed by atoms with Gasteiger partial charge in [0.1, 0.15) is 31.0 Å². The lowest BCUT2D eigenvalue weighted by Gasteiger charge is -2.39. The van der Waals surface area contributed by atoms with Crippen molar-refractivity contribution in [3.63, 3.8) is 0 Å². The van der Waals surface area contributed by atoms with E-state index in [1.807, 2.05) is 60.8 Å². The molecular weight excluding hydrogens is 749 g/mol. The Morgan fingerprint density at radius 1 is 0.525 bits per heavy atom. The van der Waals surface area contributed by atoms with Crippen molar-refractivity contribution in [2.75, 3.05) is 19.8 Å². The molecule has 4 N–H and O–H groups in total. The average molecular weight is 823 g/mol. The molecule has 0 aromatic heterocycles. The van der Waals surface area contributed by atoms with Crippen LogP contribution in [0, 0.1) is 0 Å². The van der Waals surface area contributed by atoms with Crippen LogP contribution in [0.25, 0.3) is 0 Å². The largest absolute Gasteiger partial charge is 0.458 e. The molecule has 1 saturated heterocycles. The molecule has 1 heterocycles. The van der Waals surface area contributed by atoms with Crippen LogP contribution in [-0.2, 0) is 28.5 Å². The van der Waals surface area contributed by atoms with E-state index in [1.54, 1.807) is 24.3 Å². The lowest BCUT2D eigenvalue weighted by Crippen LogP contribution is -2.59. The Bertz CT molecular complexity index is 1370. The van der Waals surface area contributed by atoms with Crippen molar-refractivity contribution in [3.05, 3.63) is 122 Å². The molecule has 10 nitrogen and oxygen atoms in total. The molecule has 0 aromatic rings. The molecule has 1 aliphatic heterocycles. The number of allylic oxidation sites excluding steroid dienone is 18. The number of hydrogen-bond donors (Lipinski definition) is 4. The van der Waals surface area contributed by atoms with Gasteiger partial charge in [-0.3, -0.25) is 0 Å². The molecule has 0 aromatic carbocycles. The fourth-order valence-corrected chi connectivity index (χ4v) is 5.78. The third-order valence-corrected chi connectivity index (χ3v) is 9.23. The number of unbranched alkanes of at least 4 members (excludes halogenated alkanes) is 14. The molecule has 1 fully saturated rings. The summed E-state index contributed by atoms with van der Waals surface area (Å²) in [7, 11) is 0. The van der Waals surface area contributed by atoms with Gasteiger partial charge in [0.25, 0.3) is 0 Å². The Balaban J connectivity index is 2.58. The minimum atomic E-state index is -1.65. The van der Waals surface area contributed by atoms with E-state index in [9.17, 15) is 30.0 Å². The summed E-state index contributed by atoms with van der Waals surface area (Å²) in [6.45, 7) is 3.04. The summed E-state index contributed by atoms with van der Waals surface area (Å²) < 4.78 is 21.6. The van der Waals surface area contributed by atoms with Gasteiger partial charge in [-0.2, -0.15) is 0 Å². The second kappa shape index (κ2) is 38.3. The van der Waals surface area contributed by atoms with Crippen LogP contribution in [-0.4, -0.2) is 89.0 Å². The Morgan fingerprint density at radius 3 is 1.42 bits per heavy atom. The van der Waals surface area contributed by atoms with E-state index in [2.05, 4.69) is 26.0 Å². The number of esters is 2. The summed E-state index contributed by atoms with van der Waals surface area (Å²) in [5.74, 6) is -1.44. The molecule has 330 valence electrons. The zero-order chi connectivity index (χ0) is 43.0. The Kier molecular flexibility index (Phi) is 34.5. The number of aliphatic hydroxyl groups is 4. The monoisotopic (exact) mass is 823 g/mol. The average Bonchev–Trinajstić information content (AvgIpc) is 3.23. The molecule has 1 rings (SSSR count). The highest BCUT2D eigenvalue weighted by molar-refractivity contribution is 5.83. The van der Waals surface area contributed by atoms with E-state index in [-0.39, 0.29) is 6.61 Å². The maximum atomic E-state index is 12.6. The molecule has 1 aliphatic rings. The minimum Gasteiger partial charge on any atom is -0.458 e. The van der Waals surface area contributed by atoms with Crippen molar-refractivity contribution in [3.8, 4) is 0 Å². The first-order chi connectivity index (χ1) is 28.8. The van der Waals surface area contributed by atoms with E-state index in [0.29, 0.717) is 0 Å². The van der Waals surface area contributed by atoms with Gasteiger partial charge in [0.15, 0.2) is 12.4 Å². The van der Waals surface area contributed by atoms with E-state index < -0.39 is 62.0 Å². The molecular formula is C49H74O10. The quantitative estimate of drug-likeness (QED) is 0.0218. The number of ether oxygens (including phenoxy) is 4. The molecule has 0 saturated carbocycles. The van der Waals surface area contributed by atoms with Gasteiger partial charge < -0.3 is 39.4 Å². The molecule has 0 radical (unpaired) electrons. The summed E-state index contributed by atoms with van der Waals surface area (Å²) in [5, 5.41) is 40.0. The van der Waals surface area contributed by atoms with Gasteiger partial charge in [-0.15, -0.1) is 0 Å². The predicted octanol–water partition coefficient (Wildman–Crippen LogP) is 9.10. The topological polar surface area (TPSA) is 152 Å². The van der Waals surface area contributed by atoms with Crippen LogP contribution in [0.4, 0.5) is 0 Å². The van der Waals surface area contributed by atoms with Gasteiger partial charge in [0, 0.05) is 12.2 Å². The first kappa shape index (κ1) is 53.1. The first-order valence-electron chi connectivity index (χ1n) is 21.8. The van der Waals surface area contributed by atoms with Crippen molar-refractivity contribution < 1.29 is 49.0 Å². The molecule has 10 heteroatoms. The standard InChI is InChI=1S/C49H74O10/c1-3-5-7-9-11-13-15-17-19-21-23-25-27-29-31-33-35-37-44(51)56-40-42(41-57-49-48(55)47(54)46(53)43(39-50)59-49)58-45(52)38-36-34-32-30-28-26-24-22-20-18-16-14-12-10-8-6-4-2/h19-38,42-43,46-50,53-55H,3-18,39-41H2,1-2H3/b21-19+,22-20+,25-23+,26-24+,29-27+,30-28+,33-31+,34-32+,37-35+,38-36+/t42-,43-,46+,47+,48-,49-/m1/s1. The van der Waals surface area contributed by atoms with Gasteiger partial charge >= 0.3 is 11.9 Å². The Morgan fingerprint density at radius 2 is 0.949 bits per heavy atom. The van der Waals surface area contributed by atoms with Gasteiger partial charge in [-0.1, -0.05) is 200 Å². The predicted molar refractivity (Wildman–Crippen MR) is 237 cm³/mol. The van der Waals surface area contributed by atoms with Crippen molar-refractivity contribution in [2.45, 2.75) is 153 Å². The van der Waals surface area contributed by atoms with Gasteiger partial charge in [-0.25, -0.2) is 9.59 Å². The van der Waals surface area contributed by atoms with Crippen LogP contribution in [0.15, 0.2) is 122 Å². The highest BCUT2D eigenvalue weighted by Crippen LogP contribution is 2.22. The van der Waals surface area contributed by atoms with Crippen molar-refractivity contribution in [1.29, 1.82) is 0 Å². The third kappa shape index (κ3) is 29.9. The molecule has 59 heavy (non-hydrogen) atoms. The zero-order valence-electron chi connectivity index (χ0n) is 35.7. The van der Waals surface area contributed by atoms with Gasteiger partial charge in [0.2, 0.25) is 0 Å². The molecule has 6 atom stereocenters. The summed E-state index contributed by atoms with van der Waals surface area (Å²) in [4.78, 5) is 25.0. The fourth-order valence-electron chi connectivity index (χ4n) is 5.78. The van der Waals surface area contributed by atoms with Crippen molar-refractivity contribution >= 4 is 11.9 Å². The van der Waals surface area contributed by atoms with Crippen LogP contribution < -0.4 is 0 Å². The SMILES string of the molecule is CCCCCCCCC/C=C/C=C/C=C/C=C/C=C/C(=O)OC[C@H](CO[C@@H]1O[C@H](CO)[C@H](O)[C@H](O)[C@H]1O)OC(=O)/C=C/C=C/C=C/C=C/C=C/CCCCCCCCC. The zero-order valence-corrected chi connectivity index (χ0v) is 35.7. The number of rotatable bonds is 33. The van der Waals surface area contributed by atoms with Crippen molar-refractivity contribution in [1.82, 2.24) is 0 Å². The number of hydrogen-bond acceptors (Lipinski definition) is 10. The number of carbonyl (C=O) groups is 2. The highest BCUT2D eigenvalue weighted by Gasteiger charge is 2.44. The van der Waals surface area contributed by atoms with Crippen LogP contribution >= 0.6 is 0 Å². The van der Waals surface area contributed by atoms with E-state index in [4.69, 9.17) is 18.9 Å². The molecule has 0 aliphatic carbocycles. The minimum absolute atomic E-state index is 0.389. The Hall–Kier alpha value is -3.90. The molecule has 0 unspecified atom stereocenters. The van der Waals surface area contributed by atoms with Crippen LogP contribution in [0.3, 0.4) is 0 Å². The van der Waals surface area contributed by atoms with Gasteiger partial charge in [0.05, 0.1) is 13.2 Å². The second-order valence-electron chi connectivity index (χ2n) is 14.4. The lowest BCUT2D eigenvalue weighted by atomic mass is 9.99. The summed E-state index contributed by atoms with van der Waals surface area (Å²) in [5.41, 5.74) is 0. The number of aliphatic hydroxyl groups excluding tert-OH is 4. The molecule has 0 spiro atoms. The maximum Gasteiger partial charge on any atom is 0.331 e. The van der Waals surface area contributed by atoms with Crippen molar-refractivity contribution in [2.24, 2.45) is 0 Å². The first-order valence-corrected chi connectivity index (χ1v) is 21.8. The maximum absolute atomic E-state index is 12.6. The second-order valence-corrected chi connectivity index (χ2v) is 14.4. The molecule has 0 amide bonds. The Labute approximate surface area is 354 Å². The van der Waals surface area contributed by atoms with E-state index in [1.165, 1.54) is 114 Å². The molecule has 0 bridgehead atoms. The van der Waals surface area contributed by atoms with Crippen LogP contribution in [0.2, 0.25) is 0 Å². The summed E-state index contributed by atoms with van der Waals surface area (Å²) in [6.07, 6.45) is 47.6. The normalized spacial score (nSPS) is 21.2. The number of carbonyl (C=O) groups excluding carboxylic acids is 2. The van der Waals surface area contributed by atoms with E-state index in [0.717, 1.165) is 12.8 Å². The summed E-state index contributed by atoms with van der Waals surface area (Å²) >= 11 is 0. The lowest BCUT2D eigenvalue weighted by molar-refractivity contribution is -0.305. The third-order valence-electron chi connectivity index (χ3n) is 9.23. The van der Waals surface area contributed by atoms with Crippen LogP contribution in [0.1, 0.15) is 117 Å². The highest BCUT2D eigenvalue weighted by atomic mass is 16.7. The van der Waals surface area contributed by atoms with E-state index >= 15 is 0 Å². The smallest absolute Gasteiger partial charge is 0.331 e.